The predicted molar refractivity (Wildman–Crippen MR) is 72.4 cm³/mol. The van der Waals surface area contributed by atoms with Gasteiger partial charge in [-0.25, -0.2) is 4.79 Å². The summed E-state index contributed by atoms with van der Waals surface area (Å²) in [4.78, 5) is 35.0. The van der Waals surface area contributed by atoms with Gasteiger partial charge in [-0.3, -0.25) is 19.8 Å². The Hall–Kier alpha value is -2.64. The molecule has 0 spiro atoms. The summed E-state index contributed by atoms with van der Waals surface area (Å²) >= 11 is 0. The number of carbonyl (C=O) groups is 2. The molecule has 1 amide bonds. The molecule has 8 nitrogen and oxygen atoms in total. The zero-order chi connectivity index (χ0) is 15.9. The summed E-state index contributed by atoms with van der Waals surface area (Å²) in [6.45, 7) is 4.24. The number of carboxylic acids is 1. The average molecular weight is 294 g/mol. The van der Waals surface area contributed by atoms with Crippen molar-refractivity contribution in [3.8, 4) is 5.75 Å². The lowest BCUT2D eigenvalue weighted by Crippen LogP contribution is -2.58. The molecule has 1 aromatic rings. The van der Waals surface area contributed by atoms with Gasteiger partial charge in [-0.2, -0.15) is 0 Å². The number of fused-ring (bicyclic) bond motifs is 1. The first-order valence-corrected chi connectivity index (χ1v) is 6.19. The Labute approximate surface area is 120 Å². The van der Waals surface area contributed by atoms with Gasteiger partial charge in [-0.05, 0) is 26.8 Å². The lowest BCUT2D eigenvalue weighted by atomic mass is 9.99. The van der Waals surface area contributed by atoms with E-state index in [1.807, 2.05) is 0 Å². The van der Waals surface area contributed by atoms with Crippen molar-refractivity contribution in [1.29, 1.82) is 0 Å². The predicted octanol–water partition coefficient (Wildman–Crippen LogP) is 1.57. The highest BCUT2D eigenvalue weighted by atomic mass is 16.6. The smallest absolute Gasteiger partial charge is 0.329 e. The van der Waals surface area contributed by atoms with Gasteiger partial charge in [0, 0.05) is 6.07 Å². The minimum atomic E-state index is -1.50. The Kier molecular flexibility index (Phi) is 3.32. The molecule has 0 saturated heterocycles. The zero-order valence-corrected chi connectivity index (χ0v) is 11.7. The van der Waals surface area contributed by atoms with Gasteiger partial charge in [0.1, 0.15) is 5.54 Å². The minimum absolute atomic E-state index is 0.116. The van der Waals surface area contributed by atoms with Crippen LogP contribution in [0.4, 0.5) is 11.4 Å². The molecule has 1 aliphatic heterocycles. The topological polar surface area (TPSA) is 110 Å². The van der Waals surface area contributed by atoms with Crippen LogP contribution >= 0.6 is 0 Å². The molecule has 2 rings (SSSR count). The fourth-order valence-corrected chi connectivity index (χ4v) is 2.11. The summed E-state index contributed by atoms with van der Waals surface area (Å²) in [6.07, 6.45) is -0.918. The van der Waals surface area contributed by atoms with Crippen LogP contribution in [-0.2, 0) is 9.59 Å². The van der Waals surface area contributed by atoms with Crippen molar-refractivity contribution in [2.75, 3.05) is 4.90 Å². The summed E-state index contributed by atoms with van der Waals surface area (Å²) in [7, 11) is 0. The number of nitrogens with zero attached hydrogens (tertiary/aromatic N) is 2. The molecule has 1 aromatic carbocycles. The Morgan fingerprint density at radius 1 is 1.48 bits per heavy atom. The summed E-state index contributed by atoms with van der Waals surface area (Å²) < 4.78 is 5.35. The van der Waals surface area contributed by atoms with Gasteiger partial charge < -0.3 is 9.84 Å². The molecule has 0 radical (unpaired) electrons. The number of benzene rings is 1. The Morgan fingerprint density at radius 2 is 2.10 bits per heavy atom. The van der Waals surface area contributed by atoms with Gasteiger partial charge in [-0.15, -0.1) is 0 Å². The first-order valence-electron chi connectivity index (χ1n) is 6.19. The average Bonchev–Trinajstić information content (AvgIpc) is 2.38. The molecule has 0 aliphatic carbocycles. The van der Waals surface area contributed by atoms with Gasteiger partial charge in [0.15, 0.2) is 11.9 Å². The third-order valence-electron chi connectivity index (χ3n) is 3.35. The summed E-state index contributed by atoms with van der Waals surface area (Å²) in [5.41, 5.74) is -1.49. The molecule has 1 N–H and O–H groups in total. The minimum Gasteiger partial charge on any atom is -0.480 e. The molecule has 1 heterocycles. The molecule has 1 aliphatic rings. The number of amides is 1. The molecular weight excluding hydrogens is 280 g/mol. The van der Waals surface area contributed by atoms with Crippen LogP contribution in [0, 0.1) is 10.1 Å². The molecule has 8 heteroatoms. The van der Waals surface area contributed by atoms with Crippen LogP contribution in [0.3, 0.4) is 0 Å². The fourth-order valence-electron chi connectivity index (χ4n) is 2.11. The molecule has 0 saturated carbocycles. The van der Waals surface area contributed by atoms with Gasteiger partial charge in [0.2, 0.25) is 0 Å². The molecule has 1 atom stereocenters. The van der Waals surface area contributed by atoms with E-state index in [-0.39, 0.29) is 17.1 Å². The Balaban J connectivity index is 2.61. The number of carboxylic acid groups (broad SMARTS) is 1. The van der Waals surface area contributed by atoms with Crippen LogP contribution in [-0.4, -0.2) is 33.5 Å². The van der Waals surface area contributed by atoms with Crippen molar-refractivity contribution in [2.24, 2.45) is 0 Å². The van der Waals surface area contributed by atoms with Gasteiger partial charge in [-0.1, -0.05) is 0 Å². The number of hydrogen-bond acceptors (Lipinski definition) is 5. The monoisotopic (exact) mass is 294 g/mol. The van der Waals surface area contributed by atoms with E-state index in [4.69, 9.17) is 4.74 Å². The van der Waals surface area contributed by atoms with Crippen LogP contribution in [0.1, 0.15) is 20.8 Å². The molecule has 0 fully saturated rings. The first-order chi connectivity index (χ1) is 9.66. The lowest BCUT2D eigenvalue weighted by Gasteiger charge is -2.40. The highest BCUT2D eigenvalue weighted by Crippen LogP contribution is 2.40. The second-order valence-electron chi connectivity index (χ2n) is 5.21. The van der Waals surface area contributed by atoms with Crippen molar-refractivity contribution in [3.63, 3.8) is 0 Å². The molecule has 0 bridgehead atoms. The number of hydrogen-bond donors (Lipinski definition) is 1. The molecular formula is C13H14N2O6. The van der Waals surface area contributed by atoms with Crippen LogP contribution in [0.25, 0.3) is 0 Å². The third-order valence-corrected chi connectivity index (χ3v) is 3.35. The zero-order valence-electron chi connectivity index (χ0n) is 11.7. The third kappa shape index (κ3) is 2.28. The van der Waals surface area contributed by atoms with Crippen molar-refractivity contribution < 1.29 is 24.4 Å². The van der Waals surface area contributed by atoms with Crippen molar-refractivity contribution in [3.05, 3.63) is 28.3 Å². The maximum Gasteiger partial charge on any atom is 0.329 e. The van der Waals surface area contributed by atoms with E-state index >= 15 is 0 Å². The van der Waals surface area contributed by atoms with E-state index in [9.17, 15) is 24.8 Å². The quantitative estimate of drug-likeness (QED) is 0.669. The van der Waals surface area contributed by atoms with E-state index in [2.05, 4.69) is 0 Å². The molecule has 21 heavy (non-hydrogen) atoms. The van der Waals surface area contributed by atoms with Crippen LogP contribution in [0.15, 0.2) is 18.2 Å². The number of rotatable bonds is 3. The number of anilines is 1. The maximum atomic E-state index is 12.3. The van der Waals surface area contributed by atoms with E-state index in [0.29, 0.717) is 0 Å². The van der Waals surface area contributed by atoms with Crippen molar-refractivity contribution >= 4 is 23.3 Å². The normalized spacial score (nSPS) is 18.0. The second-order valence-corrected chi connectivity index (χ2v) is 5.21. The number of non-ortho nitro benzene ring substituents is 1. The van der Waals surface area contributed by atoms with E-state index in [0.717, 1.165) is 4.90 Å². The van der Waals surface area contributed by atoms with Gasteiger partial charge >= 0.3 is 5.97 Å². The maximum absolute atomic E-state index is 12.3. The lowest BCUT2D eigenvalue weighted by molar-refractivity contribution is -0.384. The van der Waals surface area contributed by atoms with Gasteiger partial charge in [0.05, 0.1) is 16.7 Å². The van der Waals surface area contributed by atoms with Crippen LogP contribution in [0.5, 0.6) is 5.75 Å². The number of nitro benzene ring substituents is 1. The summed E-state index contributed by atoms with van der Waals surface area (Å²) in [5, 5.41) is 20.1. The van der Waals surface area contributed by atoms with E-state index in [1.165, 1.54) is 39.0 Å². The van der Waals surface area contributed by atoms with Crippen LogP contribution in [0.2, 0.25) is 0 Å². The molecule has 0 aromatic heterocycles. The number of aliphatic carboxylic acids is 1. The van der Waals surface area contributed by atoms with Gasteiger partial charge in [0.25, 0.3) is 11.6 Å². The van der Waals surface area contributed by atoms with E-state index < -0.39 is 28.4 Å². The largest absolute Gasteiger partial charge is 0.480 e. The number of nitro groups is 1. The Bertz CT molecular complexity index is 640. The summed E-state index contributed by atoms with van der Waals surface area (Å²) in [5.74, 6) is -1.58. The SMILES string of the molecule is CC1Oc2cc([N+](=O)[O-])ccc2N(C(C)(C)C(=O)O)C1=O. The number of ether oxygens (including phenoxy) is 1. The first kappa shape index (κ1) is 14.8. The van der Waals surface area contributed by atoms with E-state index in [1.54, 1.807) is 0 Å². The highest BCUT2D eigenvalue weighted by molar-refractivity contribution is 6.05. The fraction of sp³-hybridized carbons (Fsp3) is 0.385. The van der Waals surface area contributed by atoms with Crippen LogP contribution < -0.4 is 9.64 Å². The standard InChI is InChI=1S/C13H14N2O6/c1-7-11(16)14(13(2,3)12(17)18)9-5-4-8(15(19)20)6-10(9)21-7/h4-7H,1-3H3,(H,17,18). The van der Waals surface area contributed by atoms with Crippen molar-refractivity contribution in [2.45, 2.75) is 32.4 Å². The Morgan fingerprint density at radius 3 is 2.62 bits per heavy atom. The molecule has 112 valence electrons. The molecule has 1 unspecified atom stereocenters. The second kappa shape index (κ2) is 4.72. The van der Waals surface area contributed by atoms with Crippen molar-refractivity contribution in [1.82, 2.24) is 0 Å². The highest BCUT2D eigenvalue weighted by Gasteiger charge is 2.45. The summed E-state index contributed by atoms with van der Waals surface area (Å²) in [6, 6.07) is 3.71. The number of carbonyl (C=O) groups excluding carboxylic acids is 1.